The first-order valence-corrected chi connectivity index (χ1v) is 8.67. The third-order valence-corrected chi connectivity index (χ3v) is 5.04. The zero-order chi connectivity index (χ0) is 17.1. The maximum atomic E-state index is 12.9. The van der Waals surface area contributed by atoms with Gasteiger partial charge in [0.2, 0.25) is 0 Å². The molecule has 2 amide bonds. The molecule has 4 rings (SSSR count). The Hall–Kier alpha value is -2.05. The maximum absolute atomic E-state index is 12.9. The molecule has 2 fully saturated rings. The van der Waals surface area contributed by atoms with Gasteiger partial charge in [-0.3, -0.25) is 9.48 Å². The molecular weight excluding hydrogens is 308 g/mol. The third kappa shape index (κ3) is 2.65. The second kappa shape index (κ2) is 5.22. The number of carbonyl (C=O) groups excluding carboxylic acids is 2. The van der Waals surface area contributed by atoms with Gasteiger partial charge in [-0.05, 0) is 39.5 Å². The highest BCUT2D eigenvalue weighted by Crippen LogP contribution is 2.45. The average Bonchev–Trinajstić information content (AvgIpc) is 2.98. The highest BCUT2D eigenvalue weighted by Gasteiger charge is 2.49. The number of piperidine rings is 1. The highest BCUT2D eigenvalue weighted by molar-refractivity contribution is 5.96. The monoisotopic (exact) mass is 332 g/mol. The van der Waals surface area contributed by atoms with Crippen LogP contribution in [0, 0.1) is 5.92 Å². The lowest BCUT2D eigenvalue weighted by Crippen LogP contribution is -2.42. The number of carbonyl (C=O) groups is 2. The van der Waals surface area contributed by atoms with Gasteiger partial charge in [-0.25, -0.2) is 4.79 Å². The number of fused-ring (bicyclic) bond motifs is 2. The van der Waals surface area contributed by atoms with Crippen molar-refractivity contribution in [2.24, 2.45) is 5.92 Å². The second-order valence-corrected chi connectivity index (χ2v) is 7.98. The smallest absolute Gasteiger partial charge is 0.410 e. The van der Waals surface area contributed by atoms with Crippen LogP contribution in [0.3, 0.4) is 0 Å². The molecule has 1 saturated carbocycles. The van der Waals surface area contributed by atoms with Gasteiger partial charge in [-0.1, -0.05) is 0 Å². The predicted octanol–water partition coefficient (Wildman–Crippen LogP) is 1.87. The van der Waals surface area contributed by atoms with Crippen LogP contribution in [0.1, 0.15) is 49.7 Å². The Morgan fingerprint density at radius 3 is 2.67 bits per heavy atom. The number of ether oxygens (including phenoxy) is 1. The normalized spacial score (nSPS) is 25.3. The lowest BCUT2D eigenvalue weighted by Gasteiger charge is -2.31. The van der Waals surface area contributed by atoms with Gasteiger partial charge in [0.05, 0.1) is 30.5 Å². The number of aromatic nitrogens is 2. The van der Waals surface area contributed by atoms with Gasteiger partial charge in [0.15, 0.2) is 0 Å². The van der Waals surface area contributed by atoms with Gasteiger partial charge >= 0.3 is 6.09 Å². The molecule has 7 heteroatoms. The van der Waals surface area contributed by atoms with Gasteiger partial charge in [-0.15, -0.1) is 0 Å². The van der Waals surface area contributed by atoms with Crippen LogP contribution in [0.25, 0.3) is 0 Å². The van der Waals surface area contributed by atoms with Gasteiger partial charge in [-0.2, -0.15) is 5.10 Å². The zero-order valence-corrected chi connectivity index (χ0v) is 14.5. The molecule has 2 unspecified atom stereocenters. The van der Waals surface area contributed by atoms with Crippen LogP contribution >= 0.6 is 0 Å². The molecule has 0 radical (unpaired) electrons. The Morgan fingerprint density at radius 2 is 2.04 bits per heavy atom. The van der Waals surface area contributed by atoms with Crippen molar-refractivity contribution in [1.29, 1.82) is 0 Å². The van der Waals surface area contributed by atoms with Crippen molar-refractivity contribution in [2.45, 2.75) is 58.3 Å². The minimum atomic E-state index is -0.524. The Morgan fingerprint density at radius 1 is 1.25 bits per heavy atom. The fourth-order valence-electron chi connectivity index (χ4n) is 3.71. The van der Waals surface area contributed by atoms with E-state index >= 15 is 0 Å². The average molecular weight is 332 g/mol. The maximum Gasteiger partial charge on any atom is 0.410 e. The van der Waals surface area contributed by atoms with E-state index in [1.165, 1.54) is 0 Å². The molecule has 0 spiro atoms. The van der Waals surface area contributed by atoms with Crippen LogP contribution < -0.4 is 0 Å². The largest absolute Gasteiger partial charge is 0.444 e. The summed E-state index contributed by atoms with van der Waals surface area (Å²) in [4.78, 5) is 28.8. The van der Waals surface area contributed by atoms with Crippen molar-refractivity contribution >= 4 is 12.0 Å². The molecule has 3 heterocycles. The van der Waals surface area contributed by atoms with Crippen molar-refractivity contribution in [3.05, 3.63) is 17.5 Å². The quantitative estimate of drug-likeness (QED) is 0.787. The Kier molecular flexibility index (Phi) is 3.37. The molecule has 2 atom stereocenters. The Balaban J connectivity index is 1.51. The van der Waals surface area contributed by atoms with E-state index < -0.39 is 5.60 Å². The van der Waals surface area contributed by atoms with Gasteiger partial charge in [0.25, 0.3) is 5.91 Å². The van der Waals surface area contributed by atoms with Gasteiger partial charge < -0.3 is 14.5 Å². The summed E-state index contributed by atoms with van der Waals surface area (Å²) in [5.74, 6) is 0.769. The highest BCUT2D eigenvalue weighted by atomic mass is 16.6. The number of likely N-dealkylation sites (tertiary alicyclic amines) is 1. The molecule has 2 aliphatic heterocycles. The van der Waals surface area contributed by atoms with Gasteiger partial charge in [0, 0.05) is 19.1 Å². The van der Waals surface area contributed by atoms with Crippen LogP contribution in [0.15, 0.2) is 6.20 Å². The minimum Gasteiger partial charge on any atom is -0.444 e. The molecule has 24 heavy (non-hydrogen) atoms. The SMILES string of the molecule is CC(C)(C)OC(=O)N1CCn2ncc(C(=O)N3CCC4CC43)c2C1. The predicted molar refractivity (Wildman–Crippen MR) is 86.4 cm³/mol. The van der Waals surface area contributed by atoms with E-state index in [1.807, 2.05) is 30.4 Å². The van der Waals surface area contributed by atoms with Crippen molar-refractivity contribution in [2.75, 3.05) is 13.1 Å². The first-order valence-electron chi connectivity index (χ1n) is 8.67. The number of rotatable bonds is 1. The van der Waals surface area contributed by atoms with E-state index in [4.69, 9.17) is 4.74 Å². The van der Waals surface area contributed by atoms with E-state index in [2.05, 4.69) is 5.10 Å². The number of hydrogen-bond donors (Lipinski definition) is 0. The molecular formula is C17H24N4O3. The van der Waals surface area contributed by atoms with Crippen LogP contribution in [0.4, 0.5) is 4.79 Å². The molecule has 1 aromatic heterocycles. The minimum absolute atomic E-state index is 0.0623. The van der Waals surface area contributed by atoms with E-state index in [1.54, 1.807) is 11.1 Å². The fraction of sp³-hybridized carbons (Fsp3) is 0.706. The summed E-state index contributed by atoms with van der Waals surface area (Å²) >= 11 is 0. The summed E-state index contributed by atoms with van der Waals surface area (Å²) in [6.45, 7) is 7.92. The third-order valence-electron chi connectivity index (χ3n) is 5.04. The molecule has 0 N–H and O–H groups in total. The summed E-state index contributed by atoms with van der Waals surface area (Å²) < 4.78 is 7.30. The fourth-order valence-corrected chi connectivity index (χ4v) is 3.71. The number of amides is 2. The molecule has 3 aliphatic rings. The molecule has 0 aromatic carbocycles. The molecule has 1 aliphatic carbocycles. The lowest BCUT2D eigenvalue weighted by molar-refractivity contribution is 0.0192. The second-order valence-electron chi connectivity index (χ2n) is 7.98. The van der Waals surface area contributed by atoms with Crippen LogP contribution in [-0.2, 0) is 17.8 Å². The molecule has 1 saturated heterocycles. The standard InChI is InChI=1S/C17H24N4O3/c1-17(2,3)24-16(23)19-6-7-21-14(10-19)12(9-18-21)15(22)20-5-4-11-8-13(11)20/h9,11,13H,4-8,10H2,1-3H3. The Labute approximate surface area is 141 Å². The zero-order valence-electron chi connectivity index (χ0n) is 14.5. The van der Waals surface area contributed by atoms with E-state index in [9.17, 15) is 9.59 Å². The van der Waals surface area contributed by atoms with Crippen LogP contribution in [-0.4, -0.2) is 56.3 Å². The van der Waals surface area contributed by atoms with E-state index in [-0.39, 0.29) is 12.0 Å². The lowest BCUT2D eigenvalue weighted by atomic mass is 10.1. The number of hydrogen-bond acceptors (Lipinski definition) is 4. The van der Waals surface area contributed by atoms with Crippen molar-refractivity contribution in [3.63, 3.8) is 0 Å². The van der Waals surface area contributed by atoms with E-state index in [0.717, 1.165) is 25.1 Å². The van der Waals surface area contributed by atoms with Crippen LogP contribution in [0.5, 0.6) is 0 Å². The molecule has 7 nitrogen and oxygen atoms in total. The Bertz CT molecular complexity index is 690. The summed E-state index contributed by atoms with van der Waals surface area (Å²) in [5, 5.41) is 4.35. The summed E-state index contributed by atoms with van der Waals surface area (Å²) in [5.41, 5.74) is 0.932. The van der Waals surface area contributed by atoms with Gasteiger partial charge in [0.1, 0.15) is 5.60 Å². The van der Waals surface area contributed by atoms with Crippen molar-refractivity contribution in [1.82, 2.24) is 19.6 Å². The molecule has 130 valence electrons. The molecule has 0 bridgehead atoms. The summed E-state index contributed by atoms with van der Waals surface area (Å²) in [6, 6.07) is 0.429. The first kappa shape index (κ1) is 15.5. The molecule has 1 aromatic rings. The van der Waals surface area contributed by atoms with E-state index in [0.29, 0.717) is 37.2 Å². The van der Waals surface area contributed by atoms with Crippen LogP contribution in [0.2, 0.25) is 0 Å². The number of nitrogens with zero attached hydrogens (tertiary/aromatic N) is 4. The topological polar surface area (TPSA) is 67.7 Å². The summed E-state index contributed by atoms with van der Waals surface area (Å²) in [6.07, 6.45) is 3.58. The van der Waals surface area contributed by atoms with Crippen molar-refractivity contribution < 1.29 is 14.3 Å². The van der Waals surface area contributed by atoms with Crippen molar-refractivity contribution in [3.8, 4) is 0 Å². The first-order chi connectivity index (χ1) is 11.3. The summed E-state index contributed by atoms with van der Waals surface area (Å²) in [7, 11) is 0.